The number of carbonyl (C=O) groups excluding carboxylic acids is 1. The van der Waals surface area contributed by atoms with Crippen molar-refractivity contribution in [3.8, 4) is 0 Å². The number of hydrogen-bond donors (Lipinski definition) is 2. The van der Waals surface area contributed by atoms with Gasteiger partial charge in [0.15, 0.2) is 0 Å². The molecule has 0 aromatic heterocycles. The topological polar surface area (TPSA) is 55.1 Å². The number of nitrogens with one attached hydrogen (secondary N) is 1. The summed E-state index contributed by atoms with van der Waals surface area (Å²) in [7, 11) is 0. The van der Waals surface area contributed by atoms with Crippen LogP contribution in [0.1, 0.15) is 44.1 Å². The van der Waals surface area contributed by atoms with E-state index in [1.807, 2.05) is 0 Å². The average Bonchev–Trinajstić information content (AvgIpc) is 3.26. The third kappa shape index (κ3) is 4.43. The first kappa shape index (κ1) is 18.6. The molecule has 0 spiro atoms. The number of carbonyl (C=O) groups is 1. The molecule has 2 aliphatic rings. The van der Waals surface area contributed by atoms with Gasteiger partial charge in [-0.25, -0.2) is 0 Å². The van der Waals surface area contributed by atoms with Crippen LogP contribution in [-0.2, 0) is 4.79 Å². The highest BCUT2D eigenvalue weighted by molar-refractivity contribution is 8.01. The molecule has 3 nitrogen and oxygen atoms in total. The summed E-state index contributed by atoms with van der Waals surface area (Å²) < 4.78 is -0.294. The Balaban J connectivity index is 0.00000192. The van der Waals surface area contributed by atoms with Crippen LogP contribution in [-0.4, -0.2) is 23.2 Å². The summed E-state index contributed by atoms with van der Waals surface area (Å²) in [5.41, 5.74) is 7.11. The Bertz CT molecular complexity index is 524. The minimum absolute atomic E-state index is 0. The van der Waals surface area contributed by atoms with E-state index in [1.54, 1.807) is 11.8 Å². The molecule has 5 heteroatoms. The average molecular weight is 355 g/mol. The van der Waals surface area contributed by atoms with E-state index < -0.39 is 0 Å². The van der Waals surface area contributed by atoms with Gasteiger partial charge in [0.25, 0.3) is 0 Å². The van der Waals surface area contributed by atoms with Gasteiger partial charge in [-0.15, -0.1) is 24.2 Å². The molecule has 1 amide bonds. The van der Waals surface area contributed by atoms with Crippen molar-refractivity contribution >= 4 is 30.1 Å². The van der Waals surface area contributed by atoms with Gasteiger partial charge in [-0.2, -0.15) is 0 Å². The van der Waals surface area contributed by atoms with Crippen molar-refractivity contribution in [2.24, 2.45) is 11.7 Å². The van der Waals surface area contributed by atoms with Gasteiger partial charge in [-0.05, 0) is 50.7 Å². The third-order valence-electron chi connectivity index (χ3n) is 4.92. The van der Waals surface area contributed by atoms with Crippen molar-refractivity contribution in [1.82, 2.24) is 5.32 Å². The third-order valence-corrected chi connectivity index (χ3v) is 6.41. The highest BCUT2D eigenvalue weighted by atomic mass is 35.5. The van der Waals surface area contributed by atoms with E-state index in [0.29, 0.717) is 12.5 Å². The number of thioether (sulfide) groups is 1. The minimum Gasteiger partial charge on any atom is -0.351 e. The van der Waals surface area contributed by atoms with Crippen molar-refractivity contribution in [2.45, 2.75) is 61.1 Å². The first-order valence-electron chi connectivity index (χ1n) is 8.40. The fourth-order valence-electron chi connectivity index (χ4n) is 3.32. The maximum Gasteiger partial charge on any atom is 0.236 e. The van der Waals surface area contributed by atoms with Gasteiger partial charge in [-0.1, -0.05) is 30.5 Å². The minimum atomic E-state index is -0.294. The van der Waals surface area contributed by atoms with E-state index in [0.717, 1.165) is 25.7 Å². The summed E-state index contributed by atoms with van der Waals surface area (Å²) in [5.74, 6) is 0.815. The zero-order valence-electron chi connectivity index (χ0n) is 13.7. The lowest BCUT2D eigenvalue weighted by Gasteiger charge is -2.29. The number of rotatable bonds is 6. The Hall–Kier alpha value is -0.710. The largest absolute Gasteiger partial charge is 0.351 e. The summed E-state index contributed by atoms with van der Waals surface area (Å²) in [6.45, 7) is 2.65. The van der Waals surface area contributed by atoms with Crippen LogP contribution >= 0.6 is 24.2 Å². The molecule has 0 saturated heterocycles. The maximum atomic E-state index is 13.0. The van der Waals surface area contributed by atoms with Crippen molar-refractivity contribution < 1.29 is 4.79 Å². The molecule has 128 valence electrons. The van der Waals surface area contributed by atoms with Gasteiger partial charge in [0.05, 0.1) is 4.75 Å². The van der Waals surface area contributed by atoms with Crippen LogP contribution in [0.5, 0.6) is 0 Å². The van der Waals surface area contributed by atoms with Crippen LogP contribution < -0.4 is 11.1 Å². The van der Waals surface area contributed by atoms with Crippen LogP contribution in [0, 0.1) is 12.8 Å². The van der Waals surface area contributed by atoms with Crippen LogP contribution in [0.25, 0.3) is 0 Å². The van der Waals surface area contributed by atoms with Crippen LogP contribution in [0.3, 0.4) is 0 Å². The first-order valence-corrected chi connectivity index (χ1v) is 9.21. The Morgan fingerprint density at radius 1 is 1.30 bits per heavy atom. The smallest absolute Gasteiger partial charge is 0.236 e. The molecule has 1 unspecified atom stereocenters. The number of nitrogens with two attached hydrogens (primary N) is 1. The molecule has 0 bridgehead atoms. The predicted molar refractivity (Wildman–Crippen MR) is 99.2 cm³/mol. The summed E-state index contributed by atoms with van der Waals surface area (Å²) >= 11 is 1.75. The number of aryl methyl sites for hydroxylation is 1. The molecule has 3 rings (SSSR count). The number of hydrogen-bond acceptors (Lipinski definition) is 3. The van der Waals surface area contributed by atoms with Gasteiger partial charge < -0.3 is 11.1 Å². The second-order valence-electron chi connectivity index (χ2n) is 6.77. The van der Waals surface area contributed by atoms with E-state index in [9.17, 15) is 4.79 Å². The molecule has 1 atom stereocenters. The summed E-state index contributed by atoms with van der Waals surface area (Å²) in [4.78, 5) is 14.1. The summed E-state index contributed by atoms with van der Waals surface area (Å²) in [6.07, 6.45) is 6.64. The highest BCUT2D eigenvalue weighted by Gasteiger charge is 2.44. The van der Waals surface area contributed by atoms with E-state index in [2.05, 4.69) is 36.5 Å². The van der Waals surface area contributed by atoms with Crippen molar-refractivity contribution in [1.29, 1.82) is 0 Å². The van der Waals surface area contributed by atoms with Crippen molar-refractivity contribution in [3.63, 3.8) is 0 Å². The SMILES string of the molecule is Cc1ccc(SC2(C(=O)NC(CN)C3CC3)CCCC2)cc1.Cl. The van der Waals surface area contributed by atoms with E-state index in [4.69, 9.17) is 5.73 Å². The summed E-state index contributed by atoms with van der Waals surface area (Å²) in [5, 5.41) is 3.26. The highest BCUT2D eigenvalue weighted by Crippen LogP contribution is 2.46. The fraction of sp³-hybridized carbons (Fsp3) is 0.611. The van der Waals surface area contributed by atoms with Crippen molar-refractivity contribution in [3.05, 3.63) is 29.8 Å². The second kappa shape index (κ2) is 7.91. The van der Waals surface area contributed by atoms with Crippen LogP contribution in [0.4, 0.5) is 0 Å². The van der Waals surface area contributed by atoms with E-state index in [1.165, 1.54) is 23.3 Å². The zero-order valence-corrected chi connectivity index (χ0v) is 15.3. The monoisotopic (exact) mass is 354 g/mol. The molecule has 2 aliphatic carbocycles. The standard InChI is InChI=1S/C18H26N2OS.ClH/c1-13-4-8-15(9-5-13)22-18(10-2-3-11-18)17(21)20-16(12-19)14-6-7-14;/h4-5,8-9,14,16H,2-3,6-7,10-12,19H2,1H3,(H,20,21);1H. The molecule has 0 heterocycles. The molecular formula is C18H27ClN2OS. The summed E-state index contributed by atoms with van der Waals surface area (Å²) in [6, 6.07) is 8.68. The van der Waals surface area contributed by atoms with Gasteiger partial charge in [-0.3, -0.25) is 4.79 Å². The molecule has 23 heavy (non-hydrogen) atoms. The van der Waals surface area contributed by atoms with Crippen LogP contribution in [0.15, 0.2) is 29.2 Å². The maximum absolute atomic E-state index is 13.0. The van der Waals surface area contributed by atoms with Gasteiger partial charge in [0.2, 0.25) is 5.91 Å². The van der Waals surface area contributed by atoms with Gasteiger partial charge in [0.1, 0.15) is 0 Å². The van der Waals surface area contributed by atoms with E-state index in [-0.39, 0.29) is 29.1 Å². The number of amides is 1. The lowest BCUT2D eigenvalue weighted by atomic mass is 10.0. The van der Waals surface area contributed by atoms with Gasteiger partial charge >= 0.3 is 0 Å². The molecule has 3 N–H and O–H groups in total. The molecule has 0 aliphatic heterocycles. The normalized spacial score (nSPS) is 20.6. The fourth-order valence-corrected chi connectivity index (χ4v) is 4.69. The Kier molecular flexibility index (Phi) is 6.40. The quantitative estimate of drug-likeness (QED) is 0.819. The molecule has 1 aromatic rings. The lowest BCUT2D eigenvalue weighted by molar-refractivity contribution is -0.124. The second-order valence-corrected chi connectivity index (χ2v) is 8.23. The molecule has 0 radical (unpaired) electrons. The molecular weight excluding hydrogens is 328 g/mol. The number of benzene rings is 1. The molecule has 1 aromatic carbocycles. The predicted octanol–water partition coefficient (Wildman–Crippen LogP) is 3.68. The number of halogens is 1. The molecule has 2 fully saturated rings. The lowest BCUT2D eigenvalue weighted by Crippen LogP contribution is -2.50. The van der Waals surface area contributed by atoms with Gasteiger partial charge in [0, 0.05) is 17.5 Å². The Morgan fingerprint density at radius 3 is 2.43 bits per heavy atom. The Labute approximate surface area is 149 Å². The zero-order chi connectivity index (χ0) is 15.6. The van der Waals surface area contributed by atoms with E-state index >= 15 is 0 Å². The molecule has 2 saturated carbocycles. The first-order chi connectivity index (χ1) is 10.6. The van der Waals surface area contributed by atoms with Crippen molar-refractivity contribution in [2.75, 3.05) is 6.54 Å². The Morgan fingerprint density at radius 2 is 1.91 bits per heavy atom. The van der Waals surface area contributed by atoms with Crippen LogP contribution in [0.2, 0.25) is 0 Å².